The van der Waals surface area contributed by atoms with Gasteiger partial charge in [0.1, 0.15) is 17.8 Å². The number of carboxylic acids is 1. The molecule has 0 saturated heterocycles. The Morgan fingerprint density at radius 1 is 0.848 bits per heavy atom. The SMILES string of the molecule is O=C(O)c1coc(-c2ccc(-c3c(C(=O)c4ccc(O)cc4)sc4cc(O)ccc34)cc2)n1. The number of hydrogen-bond acceptors (Lipinski definition) is 7. The summed E-state index contributed by atoms with van der Waals surface area (Å²) in [6.07, 6.45) is 1.08. The minimum Gasteiger partial charge on any atom is -0.508 e. The van der Waals surface area contributed by atoms with E-state index in [4.69, 9.17) is 9.52 Å². The van der Waals surface area contributed by atoms with Crippen molar-refractivity contribution < 1.29 is 29.3 Å². The third kappa shape index (κ3) is 3.72. The molecule has 0 saturated carbocycles. The Morgan fingerprint density at radius 3 is 2.18 bits per heavy atom. The molecule has 33 heavy (non-hydrogen) atoms. The zero-order valence-corrected chi connectivity index (χ0v) is 17.7. The fourth-order valence-corrected chi connectivity index (χ4v) is 4.78. The van der Waals surface area contributed by atoms with Crippen molar-refractivity contribution in [1.82, 2.24) is 4.98 Å². The monoisotopic (exact) mass is 457 g/mol. The molecule has 5 rings (SSSR count). The van der Waals surface area contributed by atoms with E-state index in [9.17, 15) is 19.8 Å². The highest BCUT2D eigenvalue weighted by atomic mass is 32.1. The highest BCUT2D eigenvalue weighted by molar-refractivity contribution is 7.21. The van der Waals surface area contributed by atoms with Crippen molar-refractivity contribution >= 4 is 33.2 Å². The Kier molecular flexibility index (Phi) is 4.91. The Hall–Kier alpha value is -4.43. The lowest BCUT2D eigenvalue weighted by molar-refractivity contribution is 0.0690. The van der Waals surface area contributed by atoms with Gasteiger partial charge >= 0.3 is 5.97 Å². The maximum absolute atomic E-state index is 13.3. The zero-order chi connectivity index (χ0) is 23.1. The average molecular weight is 457 g/mol. The molecule has 0 atom stereocenters. The van der Waals surface area contributed by atoms with Crippen LogP contribution in [0.2, 0.25) is 0 Å². The van der Waals surface area contributed by atoms with Gasteiger partial charge in [0.2, 0.25) is 11.7 Å². The summed E-state index contributed by atoms with van der Waals surface area (Å²) >= 11 is 1.28. The van der Waals surface area contributed by atoms with Crippen molar-refractivity contribution in [2.75, 3.05) is 0 Å². The van der Waals surface area contributed by atoms with Gasteiger partial charge in [-0.1, -0.05) is 12.1 Å². The Balaban J connectivity index is 1.62. The first-order chi connectivity index (χ1) is 15.9. The third-order valence-corrected chi connectivity index (χ3v) is 6.30. The Morgan fingerprint density at radius 2 is 1.52 bits per heavy atom. The van der Waals surface area contributed by atoms with Gasteiger partial charge in [-0.05, 0) is 60.2 Å². The number of carboxylic acid groups (broad SMARTS) is 1. The van der Waals surface area contributed by atoms with Crippen molar-refractivity contribution in [2.24, 2.45) is 0 Å². The third-order valence-electron chi connectivity index (χ3n) is 5.15. The van der Waals surface area contributed by atoms with E-state index in [0.717, 1.165) is 27.5 Å². The molecule has 0 aliphatic carbocycles. The minimum atomic E-state index is -1.17. The summed E-state index contributed by atoms with van der Waals surface area (Å²) in [7, 11) is 0. The highest BCUT2D eigenvalue weighted by Crippen LogP contribution is 2.41. The van der Waals surface area contributed by atoms with E-state index >= 15 is 0 Å². The maximum atomic E-state index is 13.3. The molecule has 0 spiro atoms. The fraction of sp³-hybridized carbons (Fsp3) is 0. The first-order valence-electron chi connectivity index (χ1n) is 9.79. The molecule has 0 amide bonds. The number of rotatable bonds is 5. The number of aromatic hydroxyl groups is 2. The zero-order valence-electron chi connectivity index (χ0n) is 16.9. The van der Waals surface area contributed by atoms with Gasteiger partial charge in [0.15, 0.2) is 5.69 Å². The number of oxazole rings is 1. The van der Waals surface area contributed by atoms with E-state index < -0.39 is 5.97 Å². The summed E-state index contributed by atoms with van der Waals surface area (Å²) < 4.78 is 6.02. The molecule has 5 aromatic rings. The van der Waals surface area contributed by atoms with Crippen molar-refractivity contribution in [3.05, 3.63) is 89.1 Å². The number of phenolic OH excluding ortho intramolecular Hbond substituents is 2. The Labute approximate surface area is 190 Å². The molecular formula is C25H15NO6S. The molecule has 0 unspecified atom stereocenters. The molecule has 3 aromatic carbocycles. The summed E-state index contributed by atoms with van der Waals surface area (Å²) in [4.78, 5) is 28.9. The van der Waals surface area contributed by atoms with E-state index in [1.807, 2.05) is 12.1 Å². The van der Waals surface area contributed by atoms with Crippen LogP contribution in [0.4, 0.5) is 0 Å². The van der Waals surface area contributed by atoms with E-state index in [-0.39, 0.29) is 28.9 Å². The van der Waals surface area contributed by atoms with Gasteiger partial charge in [-0.2, -0.15) is 0 Å². The first kappa shape index (κ1) is 20.5. The second kappa shape index (κ2) is 7.92. The van der Waals surface area contributed by atoms with E-state index in [1.54, 1.807) is 42.5 Å². The van der Waals surface area contributed by atoms with Crippen molar-refractivity contribution in [1.29, 1.82) is 0 Å². The second-order valence-electron chi connectivity index (χ2n) is 7.28. The number of nitrogens with zero attached hydrogens (tertiary/aromatic N) is 1. The van der Waals surface area contributed by atoms with Crippen LogP contribution in [-0.2, 0) is 0 Å². The van der Waals surface area contributed by atoms with Crippen LogP contribution >= 0.6 is 11.3 Å². The molecule has 7 nitrogen and oxygen atoms in total. The Bertz CT molecular complexity index is 1510. The normalized spacial score (nSPS) is 11.0. The molecule has 2 aromatic heterocycles. The molecule has 8 heteroatoms. The number of fused-ring (bicyclic) bond motifs is 1. The van der Waals surface area contributed by atoms with Gasteiger partial charge in [-0.25, -0.2) is 9.78 Å². The topological polar surface area (TPSA) is 121 Å². The van der Waals surface area contributed by atoms with Gasteiger partial charge in [0, 0.05) is 26.8 Å². The van der Waals surface area contributed by atoms with Crippen LogP contribution in [0.25, 0.3) is 32.7 Å². The minimum absolute atomic E-state index is 0.0706. The lowest BCUT2D eigenvalue weighted by Gasteiger charge is -2.06. The summed E-state index contributed by atoms with van der Waals surface area (Å²) in [6, 6.07) is 18.1. The van der Waals surface area contributed by atoms with E-state index in [0.29, 0.717) is 16.0 Å². The van der Waals surface area contributed by atoms with Crippen LogP contribution in [0.3, 0.4) is 0 Å². The van der Waals surface area contributed by atoms with Gasteiger partial charge in [0.05, 0.1) is 4.88 Å². The number of aromatic carboxylic acids is 1. The molecular weight excluding hydrogens is 442 g/mol. The van der Waals surface area contributed by atoms with Gasteiger partial charge < -0.3 is 19.7 Å². The molecule has 0 aliphatic rings. The second-order valence-corrected chi connectivity index (χ2v) is 8.34. The van der Waals surface area contributed by atoms with Gasteiger partial charge in [-0.15, -0.1) is 11.3 Å². The molecule has 162 valence electrons. The summed E-state index contributed by atoms with van der Waals surface area (Å²) in [5.74, 6) is -1.02. The number of aromatic nitrogens is 1. The highest BCUT2D eigenvalue weighted by Gasteiger charge is 2.22. The van der Waals surface area contributed by atoms with Crippen LogP contribution in [0.15, 0.2) is 77.4 Å². The van der Waals surface area contributed by atoms with Crippen molar-refractivity contribution in [3.8, 4) is 34.1 Å². The van der Waals surface area contributed by atoms with Crippen LogP contribution in [-0.4, -0.2) is 32.1 Å². The first-order valence-corrected chi connectivity index (χ1v) is 10.6. The molecule has 0 aliphatic heterocycles. The molecule has 0 fully saturated rings. The van der Waals surface area contributed by atoms with E-state index in [1.165, 1.54) is 23.5 Å². The van der Waals surface area contributed by atoms with E-state index in [2.05, 4.69) is 4.98 Å². The van der Waals surface area contributed by atoms with Gasteiger partial charge in [-0.3, -0.25) is 4.79 Å². The lowest BCUT2D eigenvalue weighted by atomic mass is 9.97. The van der Waals surface area contributed by atoms with Crippen LogP contribution < -0.4 is 0 Å². The summed E-state index contributed by atoms with van der Waals surface area (Å²) in [5.41, 5.74) is 2.33. The summed E-state index contributed by atoms with van der Waals surface area (Å²) in [5, 5.41) is 29.3. The standard InChI is InChI=1S/C25H15NO6S/c27-16-7-5-14(6-8-16)22(29)23-21(18-10-9-17(28)11-20(18)33-23)13-1-3-15(4-2-13)24-26-19(12-32-24)25(30)31/h1-12,27-28H,(H,30,31). The quantitative estimate of drug-likeness (QED) is 0.295. The van der Waals surface area contributed by atoms with Crippen molar-refractivity contribution in [3.63, 3.8) is 0 Å². The fourth-order valence-electron chi connectivity index (χ4n) is 3.56. The summed E-state index contributed by atoms with van der Waals surface area (Å²) in [6.45, 7) is 0. The number of thiophene rings is 1. The number of carbonyl (C=O) groups is 2. The predicted octanol–water partition coefficient (Wildman–Crippen LogP) is 5.56. The molecule has 2 heterocycles. The lowest BCUT2D eigenvalue weighted by Crippen LogP contribution is -2.00. The smallest absolute Gasteiger partial charge is 0.357 e. The van der Waals surface area contributed by atoms with Crippen molar-refractivity contribution in [2.45, 2.75) is 0 Å². The van der Waals surface area contributed by atoms with Crippen LogP contribution in [0, 0.1) is 0 Å². The predicted molar refractivity (Wildman–Crippen MR) is 123 cm³/mol. The maximum Gasteiger partial charge on any atom is 0.357 e. The number of phenols is 2. The largest absolute Gasteiger partial charge is 0.508 e. The van der Waals surface area contributed by atoms with Crippen LogP contribution in [0.1, 0.15) is 25.7 Å². The molecule has 0 radical (unpaired) electrons. The average Bonchev–Trinajstić information content (AvgIpc) is 3.44. The number of ketones is 1. The van der Waals surface area contributed by atoms with Gasteiger partial charge in [0.25, 0.3) is 0 Å². The molecule has 0 bridgehead atoms. The van der Waals surface area contributed by atoms with Crippen LogP contribution in [0.5, 0.6) is 11.5 Å². The number of benzene rings is 3. The number of hydrogen-bond donors (Lipinski definition) is 3. The molecule has 3 N–H and O–H groups in total. The number of carbonyl (C=O) groups excluding carboxylic acids is 1.